The molecule has 8 aromatic rings. The van der Waals surface area contributed by atoms with Crippen molar-refractivity contribution in [3.63, 3.8) is 0 Å². The number of furan rings is 1. The lowest BCUT2D eigenvalue weighted by molar-refractivity contribution is 0.446. The number of nitrogens with zero attached hydrogens (tertiary/aromatic N) is 4. The minimum atomic E-state index is -0.298. The van der Waals surface area contributed by atoms with Gasteiger partial charge in [0.15, 0.2) is 11.4 Å². The number of hydrogen-bond donors (Lipinski definition) is 1. The molecule has 0 aliphatic rings. The Morgan fingerprint density at radius 3 is 2.23 bits per heavy atom. The summed E-state index contributed by atoms with van der Waals surface area (Å²) in [4.78, 5) is 15.1. The fourth-order valence-electron chi connectivity index (χ4n) is 6.56. The molecular formula is C41H36N4O2. The predicted octanol–water partition coefficient (Wildman–Crippen LogP) is 10.5. The highest BCUT2D eigenvalue weighted by Gasteiger charge is 2.28. The van der Waals surface area contributed by atoms with Gasteiger partial charge in [0.1, 0.15) is 28.2 Å². The third kappa shape index (κ3) is 4.66. The van der Waals surface area contributed by atoms with E-state index >= 15 is 0 Å². The fourth-order valence-corrected chi connectivity index (χ4v) is 6.56. The van der Waals surface area contributed by atoms with Gasteiger partial charge >= 0.3 is 0 Å². The molecule has 0 unspecified atom stereocenters. The molecule has 0 atom stereocenters. The van der Waals surface area contributed by atoms with Crippen LogP contribution in [0.2, 0.25) is 0 Å². The summed E-state index contributed by atoms with van der Waals surface area (Å²) in [5.41, 5.74) is 8.50. The highest BCUT2D eigenvalue weighted by molar-refractivity contribution is 6.09. The monoisotopic (exact) mass is 616 g/mol. The summed E-state index contributed by atoms with van der Waals surface area (Å²) < 4.78 is 8.65. The maximum atomic E-state index is 11.9. The highest BCUT2D eigenvalue weighted by Crippen LogP contribution is 2.45. The van der Waals surface area contributed by atoms with Gasteiger partial charge in [-0.25, -0.2) is 15.0 Å². The molecule has 0 bridgehead atoms. The Morgan fingerprint density at radius 2 is 1.45 bits per heavy atom. The summed E-state index contributed by atoms with van der Waals surface area (Å²) in [6.07, 6.45) is 1.83. The van der Waals surface area contributed by atoms with Gasteiger partial charge in [-0.15, -0.1) is 0 Å². The van der Waals surface area contributed by atoms with Gasteiger partial charge in [-0.1, -0.05) is 90.1 Å². The van der Waals surface area contributed by atoms with Crippen LogP contribution >= 0.6 is 0 Å². The zero-order valence-corrected chi connectivity index (χ0v) is 27.5. The summed E-state index contributed by atoms with van der Waals surface area (Å²) in [5.74, 6) is 0.759. The molecule has 0 saturated carbocycles. The molecule has 232 valence electrons. The molecule has 0 aliphatic heterocycles. The van der Waals surface area contributed by atoms with E-state index in [1.807, 2.05) is 48.7 Å². The fraction of sp³-hybridized carbons (Fsp3) is 0.195. The zero-order valence-electron chi connectivity index (χ0n) is 27.5. The van der Waals surface area contributed by atoms with E-state index < -0.39 is 0 Å². The van der Waals surface area contributed by atoms with Crippen LogP contribution in [0.15, 0.2) is 108 Å². The van der Waals surface area contributed by atoms with Crippen molar-refractivity contribution in [2.45, 2.75) is 52.4 Å². The molecule has 0 saturated heterocycles. The maximum Gasteiger partial charge on any atom is 0.180 e. The van der Waals surface area contributed by atoms with Crippen LogP contribution in [0, 0.1) is 0 Å². The van der Waals surface area contributed by atoms with E-state index in [0.29, 0.717) is 28.2 Å². The lowest BCUT2D eigenvalue weighted by Crippen LogP contribution is -2.17. The van der Waals surface area contributed by atoms with Crippen molar-refractivity contribution in [1.29, 1.82) is 0 Å². The molecule has 6 nitrogen and oxygen atoms in total. The first-order chi connectivity index (χ1) is 22.5. The number of phenols is 1. The number of fused-ring (bicyclic) bond motifs is 6. The number of para-hydroxylation sites is 2. The lowest BCUT2D eigenvalue weighted by atomic mass is 9.78. The van der Waals surface area contributed by atoms with Crippen molar-refractivity contribution in [1.82, 2.24) is 19.5 Å². The number of aromatic nitrogens is 4. The summed E-state index contributed by atoms with van der Waals surface area (Å²) >= 11 is 0. The third-order valence-corrected chi connectivity index (χ3v) is 9.06. The second-order valence-corrected chi connectivity index (χ2v) is 14.4. The van der Waals surface area contributed by atoms with E-state index in [1.165, 1.54) is 0 Å². The smallest absolute Gasteiger partial charge is 0.180 e. The summed E-state index contributed by atoms with van der Waals surface area (Å²) in [7, 11) is 0. The molecule has 0 spiro atoms. The van der Waals surface area contributed by atoms with E-state index in [2.05, 4.69) is 101 Å². The minimum absolute atomic E-state index is 0.157. The summed E-state index contributed by atoms with van der Waals surface area (Å²) in [6.45, 7) is 12.9. The second kappa shape index (κ2) is 10.3. The molecule has 0 aliphatic carbocycles. The van der Waals surface area contributed by atoms with Crippen LogP contribution in [0.5, 0.6) is 5.75 Å². The number of hydrogen-bond acceptors (Lipinski definition) is 5. The van der Waals surface area contributed by atoms with Crippen molar-refractivity contribution in [3.8, 4) is 34.1 Å². The van der Waals surface area contributed by atoms with Gasteiger partial charge in [-0.3, -0.25) is 4.57 Å². The van der Waals surface area contributed by atoms with Gasteiger partial charge < -0.3 is 9.52 Å². The predicted molar refractivity (Wildman–Crippen MR) is 191 cm³/mol. The van der Waals surface area contributed by atoms with Crippen LogP contribution in [0.1, 0.15) is 52.7 Å². The molecule has 4 heterocycles. The van der Waals surface area contributed by atoms with Crippen molar-refractivity contribution in [2.24, 2.45) is 0 Å². The first-order valence-electron chi connectivity index (χ1n) is 16.0. The SMILES string of the molecule is CC(C)(C)c1cc(-c2nc(-c3cccc(-n4c5ccccc5c5cccnc54)c3)nc3c2oc2ccccc23)c(O)c(C(C)(C)C)c1. The van der Waals surface area contributed by atoms with E-state index in [-0.39, 0.29) is 16.6 Å². The number of phenolic OH excluding ortho intramolecular Hbond substituents is 1. The van der Waals surface area contributed by atoms with Crippen LogP contribution < -0.4 is 0 Å². The molecule has 6 heteroatoms. The molecule has 0 fully saturated rings. The van der Waals surface area contributed by atoms with Crippen molar-refractivity contribution in [2.75, 3.05) is 0 Å². The van der Waals surface area contributed by atoms with Crippen LogP contribution in [0.4, 0.5) is 0 Å². The Morgan fingerprint density at radius 1 is 0.702 bits per heavy atom. The Bertz CT molecular complexity index is 2450. The molecule has 4 aromatic carbocycles. The van der Waals surface area contributed by atoms with E-state index in [1.54, 1.807) is 0 Å². The highest BCUT2D eigenvalue weighted by atomic mass is 16.3. The van der Waals surface area contributed by atoms with Gasteiger partial charge in [0.2, 0.25) is 0 Å². The van der Waals surface area contributed by atoms with Crippen LogP contribution in [0.3, 0.4) is 0 Å². The van der Waals surface area contributed by atoms with Gasteiger partial charge in [-0.05, 0) is 64.9 Å². The number of pyridine rings is 1. The summed E-state index contributed by atoms with van der Waals surface area (Å²) in [6, 6.07) is 32.8. The molecule has 47 heavy (non-hydrogen) atoms. The Kier molecular flexibility index (Phi) is 6.32. The van der Waals surface area contributed by atoms with Crippen molar-refractivity contribution in [3.05, 3.63) is 114 Å². The van der Waals surface area contributed by atoms with E-state index in [0.717, 1.165) is 55.3 Å². The molecule has 1 N–H and O–H groups in total. The lowest BCUT2D eigenvalue weighted by Gasteiger charge is -2.27. The largest absolute Gasteiger partial charge is 0.507 e. The average Bonchev–Trinajstić information content (AvgIpc) is 3.59. The van der Waals surface area contributed by atoms with Gasteiger partial charge in [0, 0.05) is 44.7 Å². The van der Waals surface area contributed by atoms with Gasteiger partial charge in [-0.2, -0.15) is 0 Å². The van der Waals surface area contributed by atoms with Crippen molar-refractivity contribution >= 4 is 44.0 Å². The maximum absolute atomic E-state index is 11.9. The van der Waals surface area contributed by atoms with Crippen LogP contribution in [0.25, 0.3) is 72.3 Å². The molecule has 4 aromatic heterocycles. The standard InChI is InChI=1S/C41H36N4O2/c1-40(2,3)25-22-30(36(46)31(23-25)41(4,5)6)35-37-34(29-16-8-10-19-33(29)47-37)43-38(44-35)24-13-11-14-26(21-24)45-32-18-9-7-15-27(32)28-17-12-20-42-39(28)45/h7-23,46H,1-6H3. The van der Waals surface area contributed by atoms with Gasteiger partial charge in [0.05, 0.1) is 5.52 Å². The average molecular weight is 617 g/mol. The quantitative estimate of drug-likeness (QED) is 0.214. The Balaban J connectivity index is 1.42. The first kappa shape index (κ1) is 28.9. The molecule has 0 amide bonds. The van der Waals surface area contributed by atoms with Gasteiger partial charge in [0.25, 0.3) is 0 Å². The Labute approximate surface area is 273 Å². The van der Waals surface area contributed by atoms with Crippen molar-refractivity contribution < 1.29 is 9.52 Å². The van der Waals surface area contributed by atoms with Crippen LogP contribution in [-0.2, 0) is 10.8 Å². The topological polar surface area (TPSA) is 77.0 Å². The first-order valence-corrected chi connectivity index (χ1v) is 16.0. The summed E-state index contributed by atoms with van der Waals surface area (Å²) in [5, 5.41) is 15.1. The van der Waals surface area contributed by atoms with Crippen LogP contribution in [-0.4, -0.2) is 24.6 Å². The molecule has 0 radical (unpaired) electrons. The minimum Gasteiger partial charge on any atom is -0.507 e. The third-order valence-electron chi connectivity index (χ3n) is 9.06. The van der Waals surface area contributed by atoms with E-state index in [4.69, 9.17) is 19.4 Å². The van der Waals surface area contributed by atoms with E-state index in [9.17, 15) is 5.11 Å². The Hall–Kier alpha value is -5.49. The zero-order chi connectivity index (χ0) is 32.7. The molecule has 8 rings (SSSR count). The number of benzene rings is 4. The molecular weight excluding hydrogens is 580 g/mol. The second-order valence-electron chi connectivity index (χ2n) is 14.4. The normalized spacial score (nSPS) is 12.6. The number of aromatic hydroxyl groups is 1. The number of rotatable bonds is 3.